The number of sulfonamides is 1. The molecule has 2 aromatic rings. The third kappa shape index (κ3) is 5.04. The van der Waals surface area contributed by atoms with E-state index in [0.717, 1.165) is 11.3 Å². The van der Waals surface area contributed by atoms with E-state index < -0.39 is 21.9 Å². The minimum Gasteiger partial charge on any atom is -0.461 e. The van der Waals surface area contributed by atoms with Crippen LogP contribution in [0.5, 0.6) is 0 Å². The van der Waals surface area contributed by atoms with Crippen LogP contribution in [0.25, 0.3) is 0 Å². The smallest absolute Gasteiger partial charge is 0.357 e. The standard InChI is InChI=1S/C19H23N3O6S2/c1-4-27-18(24)16-11-29-19(20-16)21-17(23)14-6-5-7-15(8-14)30(25,26)22-9-12(2)28-13(3)10-22/h5-8,11-13H,4,9-10H2,1-3H3,(H,20,21,23). The van der Waals surface area contributed by atoms with E-state index in [4.69, 9.17) is 9.47 Å². The third-order valence-electron chi connectivity index (χ3n) is 4.33. The number of nitrogens with one attached hydrogen (secondary N) is 1. The van der Waals surface area contributed by atoms with Crippen molar-refractivity contribution in [1.29, 1.82) is 0 Å². The van der Waals surface area contributed by atoms with Gasteiger partial charge in [0.25, 0.3) is 5.91 Å². The second kappa shape index (κ2) is 9.21. The number of carbonyl (C=O) groups excluding carboxylic acids is 2. The topological polar surface area (TPSA) is 115 Å². The minimum absolute atomic E-state index is 0.0304. The molecule has 1 N–H and O–H groups in total. The molecular weight excluding hydrogens is 430 g/mol. The molecule has 0 aliphatic carbocycles. The number of ether oxygens (including phenoxy) is 2. The summed E-state index contributed by atoms with van der Waals surface area (Å²) in [5.41, 5.74) is 0.266. The van der Waals surface area contributed by atoms with Crippen LogP contribution >= 0.6 is 11.3 Å². The number of anilines is 1. The summed E-state index contributed by atoms with van der Waals surface area (Å²) in [6, 6.07) is 5.81. The molecule has 11 heteroatoms. The lowest BCUT2D eigenvalue weighted by Crippen LogP contribution is -2.48. The van der Waals surface area contributed by atoms with Gasteiger partial charge in [-0.25, -0.2) is 18.2 Å². The molecule has 9 nitrogen and oxygen atoms in total. The molecule has 2 unspecified atom stereocenters. The fourth-order valence-electron chi connectivity index (χ4n) is 3.07. The molecule has 1 aliphatic rings. The van der Waals surface area contributed by atoms with Crippen LogP contribution in [0.4, 0.5) is 5.13 Å². The average Bonchev–Trinajstić information content (AvgIpc) is 3.16. The second-order valence-corrected chi connectivity index (χ2v) is 9.62. The Morgan fingerprint density at radius 2 is 2.00 bits per heavy atom. The first-order chi connectivity index (χ1) is 14.2. The Morgan fingerprint density at radius 1 is 1.30 bits per heavy atom. The van der Waals surface area contributed by atoms with Crippen LogP contribution in [0.3, 0.4) is 0 Å². The Morgan fingerprint density at radius 3 is 2.67 bits per heavy atom. The van der Waals surface area contributed by atoms with Crippen LogP contribution < -0.4 is 5.32 Å². The summed E-state index contributed by atoms with van der Waals surface area (Å²) in [4.78, 5) is 28.3. The van der Waals surface area contributed by atoms with Gasteiger partial charge >= 0.3 is 5.97 Å². The van der Waals surface area contributed by atoms with E-state index in [1.807, 2.05) is 13.8 Å². The second-order valence-electron chi connectivity index (χ2n) is 6.82. The Balaban J connectivity index is 1.76. The van der Waals surface area contributed by atoms with Gasteiger partial charge in [0.15, 0.2) is 10.8 Å². The number of aromatic nitrogens is 1. The van der Waals surface area contributed by atoms with Gasteiger partial charge in [0.05, 0.1) is 23.7 Å². The predicted octanol–water partition coefficient (Wildman–Crippen LogP) is 2.37. The highest BCUT2D eigenvalue weighted by atomic mass is 32.2. The maximum atomic E-state index is 13.0. The number of carbonyl (C=O) groups is 2. The van der Waals surface area contributed by atoms with Crippen molar-refractivity contribution in [2.24, 2.45) is 0 Å². The monoisotopic (exact) mass is 453 g/mol. The Bertz CT molecular complexity index is 1030. The highest BCUT2D eigenvalue weighted by molar-refractivity contribution is 7.89. The van der Waals surface area contributed by atoms with Crippen LogP contribution in [0.15, 0.2) is 34.5 Å². The number of hydrogen-bond acceptors (Lipinski definition) is 8. The van der Waals surface area contributed by atoms with Crippen LogP contribution in [-0.2, 0) is 19.5 Å². The summed E-state index contributed by atoms with van der Waals surface area (Å²) < 4.78 is 37.9. The molecule has 1 amide bonds. The third-order valence-corrected chi connectivity index (χ3v) is 6.91. The molecule has 0 radical (unpaired) electrons. The van der Waals surface area contributed by atoms with Crippen LogP contribution in [-0.4, -0.2) is 61.5 Å². The van der Waals surface area contributed by atoms with Crippen molar-refractivity contribution < 1.29 is 27.5 Å². The fraction of sp³-hybridized carbons (Fsp3) is 0.421. The molecule has 0 saturated carbocycles. The minimum atomic E-state index is -3.77. The highest BCUT2D eigenvalue weighted by Gasteiger charge is 2.32. The van der Waals surface area contributed by atoms with E-state index in [-0.39, 0.29) is 53.2 Å². The zero-order valence-corrected chi connectivity index (χ0v) is 18.5. The molecule has 1 aromatic heterocycles. The lowest BCUT2D eigenvalue weighted by Gasteiger charge is -2.34. The van der Waals surface area contributed by atoms with Crippen molar-refractivity contribution in [3.63, 3.8) is 0 Å². The summed E-state index contributed by atoms with van der Waals surface area (Å²) in [6.07, 6.45) is -0.429. The molecule has 1 saturated heterocycles. The summed E-state index contributed by atoms with van der Waals surface area (Å²) in [7, 11) is -3.77. The first-order valence-corrected chi connectivity index (χ1v) is 11.7. The molecule has 30 heavy (non-hydrogen) atoms. The number of esters is 1. The zero-order valence-electron chi connectivity index (χ0n) is 16.8. The van der Waals surface area contributed by atoms with Crippen molar-refractivity contribution in [2.75, 3.05) is 25.0 Å². The molecule has 162 valence electrons. The summed E-state index contributed by atoms with van der Waals surface area (Å²) in [6.45, 7) is 6.05. The Kier molecular flexibility index (Phi) is 6.86. The van der Waals surface area contributed by atoms with E-state index in [0.29, 0.717) is 0 Å². The number of amides is 1. The molecule has 3 rings (SSSR count). The number of rotatable bonds is 6. The normalized spacial score (nSPS) is 20.0. The van der Waals surface area contributed by atoms with Crippen molar-refractivity contribution in [2.45, 2.75) is 37.9 Å². The number of morpholine rings is 1. The Hall–Kier alpha value is -2.34. The zero-order chi connectivity index (χ0) is 21.9. The largest absolute Gasteiger partial charge is 0.461 e. The SMILES string of the molecule is CCOC(=O)c1csc(NC(=O)c2cccc(S(=O)(=O)N3CC(C)OC(C)C3)c2)n1. The highest BCUT2D eigenvalue weighted by Crippen LogP contribution is 2.23. The van der Waals surface area contributed by atoms with Gasteiger partial charge in [-0.2, -0.15) is 4.31 Å². The van der Waals surface area contributed by atoms with Gasteiger partial charge in [-0.3, -0.25) is 10.1 Å². The maximum absolute atomic E-state index is 13.0. The van der Waals surface area contributed by atoms with Gasteiger partial charge in [0.1, 0.15) is 0 Å². The van der Waals surface area contributed by atoms with Gasteiger partial charge < -0.3 is 9.47 Å². The summed E-state index contributed by atoms with van der Waals surface area (Å²) in [5.74, 6) is -1.10. The van der Waals surface area contributed by atoms with E-state index in [1.54, 1.807) is 6.92 Å². The van der Waals surface area contributed by atoms with Crippen molar-refractivity contribution >= 4 is 38.4 Å². The first-order valence-electron chi connectivity index (χ1n) is 9.40. The number of benzene rings is 1. The van der Waals surface area contributed by atoms with Crippen molar-refractivity contribution in [3.05, 3.63) is 40.9 Å². The van der Waals surface area contributed by atoms with E-state index >= 15 is 0 Å². The lowest BCUT2D eigenvalue weighted by molar-refractivity contribution is -0.0440. The van der Waals surface area contributed by atoms with Crippen LogP contribution in [0.1, 0.15) is 41.6 Å². The van der Waals surface area contributed by atoms with E-state index in [9.17, 15) is 18.0 Å². The van der Waals surface area contributed by atoms with Gasteiger partial charge in [-0.15, -0.1) is 11.3 Å². The van der Waals surface area contributed by atoms with E-state index in [2.05, 4.69) is 10.3 Å². The average molecular weight is 454 g/mol. The van der Waals surface area contributed by atoms with Crippen molar-refractivity contribution in [3.8, 4) is 0 Å². The molecule has 1 fully saturated rings. The predicted molar refractivity (Wildman–Crippen MR) is 111 cm³/mol. The lowest BCUT2D eigenvalue weighted by atomic mass is 10.2. The Labute approximate surface area is 179 Å². The molecule has 0 spiro atoms. The molecule has 2 atom stereocenters. The molecule has 0 bridgehead atoms. The van der Waals surface area contributed by atoms with E-state index in [1.165, 1.54) is 34.0 Å². The van der Waals surface area contributed by atoms with Gasteiger partial charge in [-0.05, 0) is 39.0 Å². The number of hydrogen-bond donors (Lipinski definition) is 1. The molecule has 2 heterocycles. The first kappa shape index (κ1) is 22.3. The van der Waals surface area contributed by atoms with Gasteiger partial charge in [0.2, 0.25) is 10.0 Å². The maximum Gasteiger partial charge on any atom is 0.357 e. The van der Waals surface area contributed by atoms with Crippen LogP contribution in [0, 0.1) is 0 Å². The fourth-order valence-corrected chi connectivity index (χ4v) is 5.38. The van der Waals surface area contributed by atoms with Gasteiger partial charge in [0, 0.05) is 24.0 Å². The quantitative estimate of drug-likeness (QED) is 0.668. The molecule has 1 aromatic carbocycles. The molecule has 1 aliphatic heterocycles. The molecular formula is C19H23N3O6S2. The number of nitrogens with zero attached hydrogens (tertiary/aromatic N) is 2. The summed E-state index contributed by atoms with van der Waals surface area (Å²) >= 11 is 1.08. The van der Waals surface area contributed by atoms with Crippen molar-refractivity contribution in [1.82, 2.24) is 9.29 Å². The van der Waals surface area contributed by atoms with Gasteiger partial charge in [-0.1, -0.05) is 6.07 Å². The van der Waals surface area contributed by atoms with Crippen LogP contribution in [0.2, 0.25) is 0 Å². The number of thiazole rings is 1. The summed E-state index contributed by atoms with van der Waals surface area (Å²) in [5, 5.41) is 4.28.